The molecule has 1 aliphatic rings. The number of nitrogens with zero attached hydrogens (tertiary/aromatic N) is 2. The largest absolute Gasteiger partial charge is 0.333 e. The lowest BCUT2D eigenvalue weighted by Crippen LogP contribution is -2.35. The summed E-state index contributed by atoms with van der Waals surface area (Å²) in [4.78, 5) is 32.5. The number of carbonyl (C=O) groups excluding carboxylic acids is 2. The number of rotatable bonds is 3. The molecular formula is C18H14FN3O2S2. The number of thiophene rings is 1. The van der Waals surface area contributed by atoms with Gasteiger partial charge >= 0.3 is 0 Å². The highest BCUT2D eigenvalue weighted by Crippen LogP contribution is 2.29. The average Bonchev–Trinajstić information content (AvgIpc) is 3.30. The zero-order valence-corrected chi connectivity index (χ0v) is 15.2. The highest BCUT2D eigenvalue weighted by atomic mass is 32.1. The quantitative estimate of drug-likeness (QED) is 0.744. The summed E-state index contributed by atoms with van der Waals surface area (Å²) < 4.78 is 13.0. The minimum absolute atomic E-state index is 0.131. The number of fused-ring (bicyclic) bond motifs is 1. The van der Waals surface area contributed by atoms with Gasteiger partial charge in [-0.25, -0.2) is 9.37 Å². The van der Waals surface area contributed by atoms with Crippen molar-refractivity contribution < 1.29 is 14.0 Å². The molecular weight excluding hydrogens is 373 g/mol. The number of anilines is 1. The number of nitrogens with one attached hydrogen (secondary N) is 1. The number of benzene rings is 1. The van der Waals surface area contributed by atoms with Crippen LogP contribution in [0.4, 0.5) is 9.52 Å². The van der Waals surface area contributed by atoms with Crippen molar-refractivity contribution in [3.63, 3.8) is 0 Å². The van der Waals surface area contributed by atoms with E-state index in [-0.39, 0.29) is 17.6 Å². The van der Waals surface area contributed by atoms with Gasteiger partial charge in [0, 0.05) is 23.4 Å². The second kappa shape index (κ2) is 6.97. The molecule has 1 aliphatic heterocycles. The molecule has 0 radical (unpaired) electrons. The average molecular weight is 387 g/mol. The molecule has 26 heavy (non-hydrogen) atoms. The SMILES string of the molecule is O=C(Nc1nc2c(s1)CN(C(=O)c1ccc(F)cc1)CC2)c1cccs1. The molecule has 0 spiro atoms. The summed E-state index contributed by atoms with van der Waals surface area (Å²) in [6.07, 6.45) is 0.633. The van der Waals surface area contributed by atoms with Crippen LogP contribution in [0.1, 0.15) is 30.6 Å². The maximum atomic E-state index is 13.0. The van der Waals surface area contributed by atoms with Crippen LogP contribution in [0, 0.1) is 5.82 Å². The molecule has 4 rings (SSSR count). The topological polar surface area (TPSA) is 62.3 Å². The number of hydrogen-bond donors (Lipinski definition) is 1. The van der Waals surface area contributed by atoms with E-state index in [4.69, 9.17) is 0 Å². The number of thiazole rings is 1. The van der Waals surface area contributed by atoms with Crippen LogP contribution in [-0.4, -0.2) is 28.2 Å². The third kappa shape index (κ3) is 3.38. The highest BCUT2D eigenvalue weighted by molar-refractivity contribution is 7.16. The van der Waals surface area contributed by atoms with E-state index in [9.17, 15) is 14.0 Å². The van der Waals surface area contributed by atoms with E-state index in [2.05, 4.69) is 10.3 Å². The van der Waals surface area contributed by atoms with Crippen LogP contribution in [-0.2, 0) is 13.0 Å². The van der Waals surface area contributed by atoms with Gasteiger partial charge < -0.3 is 4.90 Å². The zero-order chi connectivity index (χ0) is 18.1. The van der Waals surface area contributed by atoms with Crippen molar-refractivity contribution in [3.8, 4) is 0 Å². The third-order valence-corrected chi connectivity index (χ3v) is 5.94. The van der Waals surface area contributed by atoms with Gasteiger partial charge in [0.05, 0.1) is 17.1 Å². The minimum Gasteiger partial charge on any atom is -0.333 e. The van der Waals surface area contributed by atoms with Crippen LogP contribution in [0.25, 0.3) is 0 Å². The molecule has 1 aromatic carbocycles. The first kappa shape index (κ1) is 16.9. The van der Waals surface area contributed by atoms with Gasteiger partial charge in [0.15, 0.2) is 5.13 Å². The van der Waals surface area contributed by atoms with Crippen LogP contribution in [0.15, 0.2) is 41.8 Å². The normalized spacial score (nSPS) is 13.3. The fraction of sp³-hybridized carbons (Fsp3) is 0.167. The molecule has 8 heteroatoms. The van der Waals surface area contributed by atoms with Crippen LogP contribution in [0.2, 0.25) is 0 Å². The molecule has 3 aromatic rings. The van der Waals surface area contributed by atoms with Crippen molar-refractivity contribution in [1.82, 2.24) is 9.88 Å². The summed E-state index contributed by atoms with van der Waals surface area (Å²) in [5.41, 5.74) is 1.38. The molecule has 2 amide bonds. The van der Waals surface area contributed by atoms with E-state index in [1.165, 1.54) is 46.9 Å². The molecule has 0 saturated heterocycles. The number of hydrogen-bond acceptors (Lipinski definition) is 5. The van der Waals surface area contributed by atoms with Crippen LogP contribution >= 0.6 is 22.7 Å². The first-order chi connectivity index (χ1) is 12.6. The van der Waals surface area contributed by atoms with Crippen LogP contribution in [0.3, 0.4) is 0 Å². The molecule has 2 aromatic heterocycles. The Kier molecular flexibility index (Phi) is 4.52. The van der Waals surface area contributed by atoms with Crippen molar-refractivity contribution in [2.24, 2.45) is 0 Å². The highest BCUT2D eigenvalue weighted by Gasteiger charge is 2.25. The fourth-order valence-corrected chi connectivity index (χ4v) is 4.40. The second-order valence-corrected chi connectivity index (χ2v) is 7.84. The van der Waals surface area contributed by atoms with Crippen molar-refractivity contribution in [2.45, 2.75) is 13.0 Å². The van der Waals surface area contributed by atoms with Gasteiger partial charge in [-0.15, -0.1) is 11.3 Å². The number of amides is 2. The summed E-state index contributed by atoms with van der Waals surface area (Å²) in [6.45, 7) is 0.989. The van der Waals surface area contributed by atoms with Gasteiger partial charge in [0.1, 0.15) is 5.82 Å². The van der Waals surface area contributed by atoms with Crippen molar-refractivity contribution in [3.05, 3.63) is 68.6 Å². The molecule has 0 atom stereocenters. The Bertz CT molecular complexity index is 951. The van der Waals surface area contributed by atoms with Gasteiger partial charge in [0.2, 0.25) is 0 Å². The summed E-state index contributed by atoms with van der Waals surface area (Å²) >= 11 is 2.76. The van der Waals surface area contributed by atoms with Crippen molar-refractivity contribution >= 4 is 39.6 Å². The maximum Gasteiger partial charge on any atom is 0.267 e. The molecule has 0 fully saturated rings. The standard InChI is InChI=1S/C18H14FN3O2S2/c19-12-5-3-11(4-6-12)17(24)22-8-7-13-15(10-22)26-18(20-13)21-16(23)14-2-1-9-25-14/h1-6,9H,7-8,10H2,(H,20,21,23). The van der Waals surface area contributed by atoms with Crippen molar-refractivity contribution in [1.29, 1.82) is 0 Å². The Balaban J connectivity index is 1.47. The Labute approximate surface area is 157 Å². The minimum atomic E-state index is -0.365. The van der Waals surface area contributed by atoms with Crippen LogP contribution < -0.4 is 5.32 Å². The molecule has 0 aliphatic carbocycles. The zero-order valence-electron chi connectivity index (χ0n) is 13.6. The lowest BCUT2D eigenvalue weighted by atomic mass is 10.1. The Morgan fingerprint density at radius 2 is 2.00 bits per heavy atom. The summed E-state index contributed by atoms with van der Waals surface area (Å²) in [6, 6.07) is 9.14. The summed E-state index contributed by atoms with van der Waals surface area (Å²) in [7, 11) is 0. The lowest BCUT2D eigenvalue weighted by molar-refractivity contribution is 0.0736. The first-order valence-corrected chi connectivity index (χ1v) is 9.68. The third-order valence-electron chi connectivity index (χ3n) is 4.08. The van der Waals surface area contributed by atoms with Gasteiger partial charge in [-0.05, 0) is 35.7 Å². The molecule has 0 bridgehead atoms. The van der Waals surface area contributed by atoms with Gasteiger partial charge in [-0.2, -0.15) is 0 Å². The maximum absolute atomic E-state index is 13.0. The van der Waals surface area contributed by atoms with Gasteiger partial charge in [0.25, 0.3) is 11.8 Å². The predicted molar refractivity (Wildman–Crippen MR) is 99.2 cm³/mol. The first-order valence-electron chi connectivity index (χ1n) is 7.98. The van der Waals surface area contributed by atoms with E-state index in [0.717, 1.165) is 10.6 Å². The number of halogens is 1. The van der Waals surface area contributed by atoms with E-state index in [1.807, 2.05) is 11.4 Å². The molecule has 0 saturated carbocycles. The Morgan fingerprint density at radius 1 is 1.19 bits per heavy atom. The monoisotopic (exact) mass is 387 g/mol. The summed E-state index contributed by atoms with van der Waals surface area (Å²) in [5, 5.41) is 5.21. The van der Waals surface area contributed by atoms with Gasteiger partial charge in [-0.1, -0.05) is 17.4 Å². The lowest BCUT2D eigenvalue weighted by Gasteiger charge is -2.26. The van der Waals surface area contributed by atoms with E-state index in [1.54, 1.807) is 11.0 Å². The van der Waals surface area contributed by atoms with E-state index in [0.29, 0.717) is 35.1 Å². The fourth-order valence-electron chi connectivity index (χ4n) is 2.76. The molecule has 132 valence electrons. The Morgan fingerprint density at radius 3 is 2.73 bits per heavy atom. The number of carbonyl (C=O) groups is 2. The van der Waals surface area contributed by atoms with Crippen LogP contribution in [0.5, 0.6) is 0 Å². The summed E-state index contributed by atoms with van der Waals surface area (Å²) in [5.74, 6) is -0.672. The smallest absolute Gasteiger partial charge is 0.267 e. The molecule has 3 heterocycles. The van der Waals surface area contributed by atoms with Gasteiger partial charge in [-0.3, -0.25) is 14.9 Å². The van der Waals surface area contributed by atoms with E-state index >= 15 is 0 Å². The molecule has 1 N–H and O–H groups in total. The Hall–Kier alpha value is -2.58. The number of aromatic nitrogens is 1. The molecule has 5 nitrogen and oxygen atoms in total. The predicted octanol–water partition coefficient (Wildman–Crippen LogP) is 3.79. The molecule has 0 unspecified atom stereocenters. The van der Waals surface area contributed by atoms with Crippen molar-refractivity contribution in [2.75, 3.05) is 11.9 Å². The van der Waals surface area contributed by atoms with E-state index < -0.39 is 0 Å². The second-order valence-electron chi connectivity index (χ2n) is 5.80.